The van der Waals surface area contributed by atoms with Gasteiger partial charge in [-0.3, -0.25) is 9.59 Å². The fourth-order valence-corrected chi connectivity index (χ4v) is 4.64. The van der Waals surface area contributed by atoms with Crippen LogP contribution in [0, 0.1) is 12.8 Å². The number of hydrogen-bond acceptors (Lipinski definition) is 5. The van der Waals surface area contributed by atoms with E-state index >= 15 is 0 Å². The number of carbonyl (C=O) groups excluding carboxylic acids is 2. The molecule has 3 rings (SSSR count). The summed E-state index contributed by atoms with van der Waals surface area (Å²) in [6.07, 6.45) is 0. The number of ketones is 1. The molecule has 0 aromatic carbocycles. The summed E-state index contributed by atoms with van der Waals surface area (Å²) in [7, 11) is 0. The molecule has 0 saturated carbocycles. The van der Waals surface area contributed by atoms with E-state index in [0.29, 0.717) is 6.54 Å². The number of nitrogens with zero attached hydrogens (tertiary/aromatic N) is 1. The molecule has 1 aliphatic heterocycles. The minimum absolute atomic E-state index is 0.174. The number of thiophene rings is 2. The van der Waals surface area contributed by atoms with Gasteiger partial charge in [0.05, 0.1) is 18.2 Å². The SMILES string of the molecule is Cc1ccsc1C1C(C(=O)C(C)C)=C(O)C(=O)N1Cc1cccs1. The number of Topliss-reactive ketones (excluding diaryl/α,β-unsaturated/α-hetero) is 1. The van der Waals surface area contributed by atoms with Gasteiger partial charge < -0.3 is 10.0 Å². The minimum atomic E-state index is -0.505. The lowest BCUT2D eigenvalue weighted by molar-refractivity contribution is -0.129. The molecule has 1 amide bonds. The van der Waals surface area contributed by atoms with Crippen molar-refractivity contribution in [1.82, 2.24) is 4.90 Å². The summed E-state index contributed by atoms with van der Waals surface area (Å²) in [6.45, 7) is 5.92. The zero-order valence-corrected chi connectivity index (χ0v) is 15.4. The third kappa shape index (κ3) is 2.80. The van der Waals surface area contributed by atoms with Crippen molar-refractivity contribution in [3.63, 3.8) is 0 Å². The summed E-state index contributed by atoms with van der Waals surface area (Å²) in [5, 5.41) is 14.3. The molecule has 0 fully saturated rings. The predicted octanol–water partition coefficient (Wildman–Crippen LogP) is 4.24. The maximum absolute atomic E-state index is 12.7. The topological polar surface area (TPSA) is 57.6 Å². The van der Waals surface area contributed by atoms with Crippen LogP contribution in [-0.2, 0) is 16.1 Å². The van der Waals surface area contributed by atoms with Gasteiger partial charge in [-0.15, -0.1) is 22.7 Å². The molecule has 3 heterocycles. The van der Waals surface area contributed by atoms with E-state index < -0.39 is 17.7 Å². The molecule has 0 spiro atoms. The molecule has 6 heteroatoms. The molecule has 0 aliphatic carbocycles. The van der Waals surface area contributed by atoms with Gasteiger partial charge in [0.2, 0.25) is 0 Å². The first-order valence-corrected chi connectivity index (χ1v) is 9.52. The largest absolute Gasteiger partial charge is 0.503 e. The van der Waals surface area contributed by atoms with Crippen LogP contribution in [0.2, 0.25) is 0 Å². The van der Waals surface area contributed by atoms with Crippen molar-refractivity contribution in [2.75, 3.05) is 0 Å². The zero-order valence-electron chi connectivity index (χ0n) is 13.8. The number of hydrogen-bond donors (Lipinski definition) is 1. The van der Waals surface area contributed by atoms with Gasteiger partial charge in [0, 0.05) is 15.7 Å². The van der Waals surface area contributed by atoms with Gasteiger partial charge in [-0.1, -0.05) is 19.9 Å². The number of aryl methyl sites for hydroxylation is 1. The smallest absolute Gasteiger partial charge is 0.290 e. The number of carbonyl (C=O) groups is 2. The van der Waals surface area contributed by atoms with Gasteiger partial charge in [0.15, 0.2) is 11.5 Å². The second-order valence-corrected chi connectivity index (χ2v) is 8.14. The van der Waals surface area contributed by atoms with Crippen molar-refractivity contribution in [3.05, 3.63) is 55.6 Å². The van der Waals surface area contributed by atoms with E-state index in [1.165, 1.54) is 11.3 Å². The molecule has 0 saturated heterocycles. The van der Waals surface area contributed by atoms with E-state index in [-0.39, 0.29) is 17.3 Å². The average Bonchev–Trinajstić information content (AvgIpc) is 3.24. The maximum Gasteiger partial charge on any atom is 0.290 e. The molecule has 1 aliphatic rings. The van der Waals surface area contributed by atoms with Crippen LogP contribution in [0.25, 0.3) is 0 Å². The highest BCUT2D eigenvalue weighted by atomic mass is 32.1. The summed E-state index contributed by atoms with van der Waals surface area (Å²) >= 11 is 3.07. The molecule has 1 unspecified atom stereocenters. The van der Waals surface area contributed by atoms with Crippen LogP contribution in [0.15, 0.2) is 40.3 Å². The fourth-order valence-electron chi connectivity index (χ4n) is 2.89. The molecule has 24 heavy (non-hydrogen) atoms. The van der Waals surface area contributed by atoms with Crippen LogP contribution in [0.4, 0.5) is 0 Å². The van der Waals surface area contributed by atoms with E-state index in [0.717, 1.165) is 15.3 Å². The van der Waals surface area contributed by atoms with Crippen LogP contribution in [-0.4, -0.2) is 21.7 Å². The normalized spacial score (nSPS) is 18.1. The fraction of sp³-hybridized carbons (Fsp3) is 0.333. The summed E-state index contributed by atoms with van der Waals surface area (Å²) in [5.74, 6) is -1.32. The molecule has 126 valence electrons. The first-order chi connectivity index (χ1) is 11.4. The molecule has 1 N–H and O–H groups in total. The minimum Gasteiger partial charge on any atom is -0.503 e. The molecule has 4 nitrogen and oxygen atoms in total. The van der Waals surface area contributed by atoms with Crippen molar-refractivity contribution < 1.29 is 14.7 Å². The Bertz CT molecular complexity index is 802. The molecule has 1 atom stereocenters. The van der Waals surface area contributed by atoms with Crippen molar-refractivity contribution in [3.8, 4) is 0 Å². The molecule has 0 bridgehead atoms. The highest BCUT2D eigenvalue weighted by molar-refractivity contribution is 7.10. The zero-order chi connectivity index (χ0) is 17.4. The Labute approximate surface area is 149 Å². The van der Waals surface area contributed by atoms with E-state index in [4.69, 9.17) is 0 Å². The Morgan fingerprint density at radius 1 is 1.29 bits per heavy atom. The van der Waals surface area contributed by atoms with Crippen molar-refractivity contribution >= 4 is 34.4 Å². The van der Waals surface area contributed by atoms with Gasteiger partial charge in [-0.05, 0) is 35.4 Å². The lowest BCUT2D eigenvalue weighted by Crippen LogP contribution is -2.30. The van der Waals surface area contributed by atoms with E-state index in [1.807, 2.05) is 35.9 Å². The van der Waals surface area contributed by atoms with Gasteiger partial charge in [0.1, 0.15) is 0 Å². The van der Waals surface area contributed by atoms with Crippen molar-refractivity contribution in [2.45, 2.75) is 33.4 Å². The summed E-state index contributed by atoms with van der Waals surface area (Å²) in [6, 6.07) is 5.35. The van der Waals surface area contributed by atoms with Gasteiger partial charge >= 0.3 is 0 Å². The van der Waals surface area contributed by atoms with Crippen molar-refractivity contribution in [2.24, 2.45) is 5.92 Å². The molecule has 2 aromatic heterocycles. The second kappa shape index (κ2) is 6.53. The Morgan fingerprint density at radius 2 is 2.04 bits per heavy atom. The highest BCUT2D eigenvalue weighted by Gasteiger charge is 2.44. The van der Waals surface area contributed by atoms with Crippen LogP contribution in [0.3, 0.4) is 0 Å². The number of aliphatic hydroxyl groups excluding tert-OH is 1. The van der Waals surface area contributed by atoms with Crippen LogP contribution in [0.5, 0.6) is 0 Å². The van der Waals surface area contributed by atoms with E-state index in [9.17, 15) is 14.7 Å². The molecule has 2 aromatic rings. The first kappa shape index (κ1) is 16.9. The standard InChI is InChI=1S/C18H19NO3S2/c1-10(2)15(20)13-14(17-11(3)6-8-24-17)19(18(22)16(13)21)9-12-5-4-7-23-12/h4-8,10,14,21H,9H2,1-3H3. The first-order valence-electron chi connectivity index (χ1n) is 7.76. The summed E-state index contributed by atoms with van der Waals surface area (Å²) in [4.78, 5) is 28.9. The summed E-state index contributed by atoms with van der Waals surface area (Å²) < 4.78 is 0. The average molecular weight is 361 g/mol. The number of amides is 1. The van der Waals surface area contributed by atoms with Gasteiger partial charge in [-0.2, -0.15) is 0 Å². The van der Waals surface area contributed by atoms with Crippen molar-refractivity contribution in [1.29, 1.82) is 0 Å². The second-order valence-electron chi connectivity index (χ2n) is 6.16. The summed E-state index contributed by atoms with van der Waals surface area (Å²) in [5.41, 5.74) is 1.26. The Balaban J connectivity index is 2.08. The predicted molar refractivity (Wildman–Crippen MR) is 96.2 cm³/mol. The van der Waals surface area contributed by atoms with Gasteiger partial charge in [-0.25, -0.2) is 0 Å². The number of aliphatic hydroxyl groups is 1. The van der Waals surface area contributed by atoms with Gasteiger partial charge in [0.25, 0.3) is 5.91 Å². The van der Waals surface area contributed by atoms with E-state index in [2.05, 4.69) is 0 Å². The third-order valence-corrected chi connectivity index (χ3v) is 6.08. The maximum atomic E-state index is 12.7. The van der Waals surface area contributed by atoms with Crippen LogP contribution < -0.4 is 0 Å². The lowest BCUT2D eigenvalue weighted by atomic mass is 9.94. The molecule has 0 radical (unpaired) electrons. The number of rotatable bonds is 5. The molecular weight excluding hydrogens is 342 g/mol. The quantitative estimate of drug-likeness (QED) is 0.867. The molecular formula is C18H19NO3S2. The Kier molecular flexibility index (Phi) is 4.60. The van der Waals surface area contributed by atoms with E-state index in [1.54, 1.807) is 30.1 Å². The third-order valence-electron chi connectivity index (χ3n) is 4.15. The highest BCUT2D eigenvalue weighted by Crippen LogP contribution is 2.43. The Morgan fingerprint density at radius 3 is 2.58 bits per heavy atom. The Hall–Kier alpha value is -1.92. The van der Waals surface area contributed by atoms with Crippen LogP contribution >= 0.6 is 22.7 Å². The van der Waals surface area contributed by atoms with Crippen LogP contribution in [0.1, 0.15) is 35.2 Å². The monoisotopic (exact) mass is 361 g/mol. The lowest BCUT2D eigenvalue weighted by Gasteiger charge is -2.26.